The smallest absolute Gasteiger partial charge is 0.201 e. The number of nitrogens with one attached hydrogen (secondary N) is 2. The van der Waals surface area contributed by atoms with E-state index in [1.54, 1.807) is 18.2 Å². The normalized spacial score (nSPS) is 16.0. The van der Waals surface area contributed by atoms with Crippen LogP contribution in [0.25, 0.3) is 0 Å². The Morgan fingerprint density at radius 3 is 2.37 bits per heavy atom. The first kappa shape index (κ1) is 12.6. The number of anilines is 1. The second kappa shape index (κ2) is 4.79. The van der Waals surface area contributed by atoms with Crippen LogP contribution in [0.15, 0.2) is 29.4 Å². The first-order chi connectivity index (χ1) is 9.11. The number of hydrogen-bond acceptors (Lipinski definition) is 5. The number of nitrogens with zero attached hydrogens (tertiary/aromatic N) is 3. The lowest BCUT2D eigenvalue weighted by Crippen LogP contribution is -2.21. The van der Waals surface area contributed by atoms with Crippen molar-refractivity contribution in [2.75, 3.05) is 5.43 Å². The van der Waals surface area contributed by atoms with Gasteiger partial charge in [0.05, 0.1) is 17.2 Å². The summed E-state index contributed by atoms with van der Waals surface area (Å²) in [5, 5.41) is 28.6. The zero-order chi connectivity index (χ0) is 13.9. The van der Waals surface area contributed by atoms with E-state index in [1.165, 1.54) is 0 Å². The highest BCUT2D eigenvalue weighted by Crippen LogP contribution is 2.47. The first-order valence-electron chi connectivity index (χ1n) is 5.71. The quantitative estimate of drug-likeness (QED) is 0.426. The molecular formula is C13H12N6. The van der Waals surface area contributed by atoms with Crippen molar-refractivity contribution in [1.29, 1.82) is 15.9 Å². The standard InChI is InChI=1S/C13H12N6/c14-7-11(12(16)17)19-18-10-3-1-9(2-4-10)13(8-15)5-6-13/h1-4,18H,5-6H2,(H3,16,17)/b19-11+. The van der Waals surface area contributed by atoms with E-state index in [1.807, 2.05) is 12.1 Å². The van der Waals surface area contributed by atoms with Gasteiger partial charge in [-0.3, -0.25) is 10.8 Å². The number of rotatable bonds is 4. The van der Waals surface area contributed by atoms with Gasteiger partial charge in [0, 0.05) is 0 Å². The predicted octanol–water partition coefficient (Wildman–Crippen LogP) is 1.47. The average molecular weight is 252 g/mol. The van der Waals surface area contributed by atoms with Gasteiger partial charge in [-0.25, -0.2) is 0 Å². The Labute approximate surface area is 110 Å². The van der Waals surface area contributed by atoms with Crippen LogP contribution in [-0.2, 0) is 5.41 Å². The van der Waals surface area contributed by atoms with Gasteiger partial charge in [-0.1, -0.05) is 12.1 Å². The van der Waals surface area contributed by atoms with Crippen LogP contribution in [-0.4, -0.2) is 11.5 Å². The molecule has 0 spiro atoms. The molecule has 1 aromatic carbocycles. The predicted molar refractivity (Wildman–Crippen MR) is 71.6 cm³/mol. The molecule has 0 aliphatic heterocycles. The van der Waals surface area contributed by atoms with Gasteiger partial charge in [0.15, 0.2) is 5.84 Å². The maximum absolute atomic E-state index is 9.09. The summed E-state index contributed by atoms with van der Waals surface area (Å²) in [5.74, 6) is -0.381. The van der Waals surface area contributed by atoms with Crippen molar-refractivity contribution in [3.05, 3.63) is 29.8 Å². The summed E-state index contributed by atoms with van der Waals surface area (Å²) < 4.78 is 0. The van der Waals surface area contributed by atoms with Crippen LogP contribution < -0.4 is 11.2 Å². The van der Waals surface area contributed by atoms with Crippen LogP contribution >= 0.6 is 0 Å². The molecule has 6 heteroatoms. The Bertz CT molecular complexity index is 610. The van der Waals surface area contributed by atoms with E-state index < -0.39 is 0 Å². The summed E-state index contributed by atoms with van der Waals surface area (Å²) in [6.07, 6.45) is 1.80. The molecule has 94 valence electrons. The molecule has 1 aromatic rings. The van der Waals surface area contributed by atoms with Gasteiger partial charge in [-0.05, 0) is 30.5 Å². The molecule has 1 aliphatic carbocycles. The maximum atomic E-state index is 9.09. The fourth-order valence-electron chi connectivity index (χ4n) is 1.72. The second-order valence-electron chi connectivity index (χ2n) is 4.37. The molecule has 4 N–H and O–H groups in total. The van der Waals surface area contributed by atoms with Gasteiger partial charge in [-0.15, -0.1) is 0 Å². The summed E-state index contributed by atoms with van der Waals surface area (Å²) in [7, 11) is 0. The van der Waals surface area contributed by atoms with Crippen LogP contribution in [0.5, 0.6) is 0 Å². The fraction of sp³-hybridized carbons (Fsp3) is 0.231. The highest BCUT2D eigenvalue weighted by atomic mass is 15.3. The molecule has 0 unspecified atom stereocenters. The van der Waals surface area contributed by atoms with E-state index in [0.717, 1.165) is 18.4 Å². The van der Waals surface area contributed by atoms with E-state index >= 15 is 0 Å². The highest BCUT2D eigenvalue weighted by molar-refractivity contribution is 6.45. The van der Waals surface area contributed by atoms with Gasteiger partial charge < -0.3 is 5.73 Å². The fourth-order valence-corrected chi connectivity index (χ4v) is 1.72. The van der Waals surface area contributed by atoms with Crippen molar-refractivity contribution >= 4 is 17.2 Å². The lowest BCUT2D eigenvalue weighted by molar-refractivity contribution is 0.908. The summed E-state index contributed by atoms with van der Waals surface area (Å²) in [6, 6.07) is 11.4. The Morgan fingerprint density at radius 1 is 1.32 bits per heavy atom. The average Bonchev–Trinajstić information content (AvgIpc) is 3.21. The Hall–Kier alpha value is -2.86. The Morgan fingerprint density at radius 2 is 1.95 bits per heavy atom. The molecule has 0 atom stereocenters. The monoisotopic (exact) mass is 252 g/mol. The van der Waals surface area contributed by atoms with E-state index in [4.69, 9.17) is 21.7 Å². The Kier molecular flexibility index (Phi) is 3.17. The first-order valence-corrected chi connectivity index (χ1v) is 5.71. The van der Waals surface area contributed by atoms with Gasteiger partial charge in [0.2, 0.25) is 5.71 Å². The molecule has 0 radical (unpaired) electrons. The molecule has 1 aliphatic rings. The van der Waals surface area contributed by atoms with Gasteiger partial charge in [0.1, 0.15) is 6.07 Å². The number of hydrogen-bond donors (Lipinski definition) is 3. The molecule has 0 bridgehead atoms. The van der Waals surface area contributed by atoms with Crippen LogP contribution in [0.4, 0.5) is 5.69 Å². The van der Waals surface area contributed by atoms with Gasteiger partial charge in [0.25, 0.3) is 0 Å². The molecule has 0 saturated heterocycles. The summed E-state index contributed by atoms with van der Waals surface area (Å²) in [5.41, 5.74) is 9.02. The number of benzene rings is 1. The van der Waals surface area contributed by atoms with Crippen molar-refractivity contribution < 1.29 is 0 Å². The van der Waals surface area contributed by atoms with E-state index in [2.05, 4.69) is 16.6 Å². The van der Waals surface area contributed by atoms with Crippen LogP contribution in [0.3, 0.4) is 0 Å². The number of hydrazone groups is 1. The molecule has 1 saturated carbocycles. The zero-order valence-corrected chi connectivity index (χ0v) is 10.1. The third kappa shape index (κ3) is 2.53. The largest absolute Gasteiger partial charge is 0.382 e. The van der Waals surface area contributed by atoms with Crippen molar-refractivity contribution in [2.24, 2.45) is 10.8 Å². The molecular weight excluding hydrogens is 240 g/mol. The molecule has 0 heterocycles. The van der Waals surface area contributed by atoms with Crippen LogP contribution in [0.1, 0.15) is 18.4 Å². The molecule has 1 fully saturated rings. The van der Waals surface area contributed by atoms with Crippen molar-refractivity contribution in [2.45, 2.75) is 18.3 Å². The molecule has 2 rings (SSSR count). The SMILES string of the molecule is N#C/C(=N\Nc1ccc(C2(C#N)CC2)cc1)C(=N)N. The van der Waals surface area contributed by atoms with E-state index in [0.29, 0.717) is 5.69 Å². The summed E-state index contributed by atoms with van der Waals surface area (Å²) in [6.45, 7) is 0. The van der Waals surface area contributed by atoms with E-state index in [-0.39, 0.29) is 17.0 Å². The lowest BCUT2D eigenvalue weighted by Gasteiger charge is -2.07. The third-order valence-electron chi connectivity index (χ3n) is 3.06. The molecule has 0 aromatic heterocycles. The number of nitrogens with two attached hydrogens (primary N) is 1. The van der Waals surface area contributed by atoms with Crippen LogP contribution in [0.2, 0.25) is 0 Å². The Balaban J connectivity index is 2.11. The van der Waals surface area contributed by atoms with Crippen LogP contribution in [0, 0.1) is 28.1 Å². The third-order valence-corrected chi connectivity index (χ3v) is 3.06. The number of nitriles is 2. The molecule has 19 heavy (non-hydrogen) atoms. The lowest BCUT2D eigenvalue weighted by atomic mass is 9.98. The minimum Gasteiger partial charge on any atom is -0.382 e. The van der Waals surface area contributed by atoms with Crippen molar-refractivity contribution in [3.63, 3.8) is 0 Å². The minimum atomic E-state index is -0.381. The van der Waals surface area contributed by atoms with E-state index in [9.17, 15) is 0 Å². The zero-order valence-electron chi connectivity index (χ0n) is 10.1. The minimum absolute atomic E-state index is 0.167. The summed E-state index contributed by atoms with van der Waals surface area (Å²) in [4.78, 5) is 0. The van der Waals surface area contributed by atoms with Gasteiger partial charge in [-0.2, -0.15) is 15.6 Å². The van der Waals surface area contributed by atoms with Crippen molar-refractivity contribution in [3.8, 4) is 12.1 Å². The second-order valence-corrected chi connectivity index (χ2v) is 4.37. The summed E-state index contributed by atoms with van der Waals surface area (Å²) >= 11 is 0. The van der Waals surface area contributed by atoms with Gasteiger partial charge >= 0.3 is 0 Å². The topological polar surface area (TPSA) is 122 Å². The maximum Gasteiger partial charge on any atom is 0.201 e. The molecule has 6 nitrogen and oxygen atoms in total. The molecule has 0 amide bonds. The highest BCUT2D eigenvalue weighted by Gasteiger charge is 2.44. The number of amidine groups is 1. The van der Waals surface area contributed by atoms with Crippen molar-refractivity contribution in [1.82, 2.24) is 0 Å².